The summed E-state index contributed by atoms with van der Waals surface area (Å²) in [7, 11) is 0. The molecule has 0 spiro atoms. The van der Waals surface area contributed by atoms with Gasteiger partial charge in [-0.25, -0.2) is 9.59 Å². The molecular formula is C29H37F5N2O5. The number of carbonyl (C=O) groups is 2. The molecule has 1 unspecified atom stereocenters. The lowest BCUT2D eigenvalue weighted by Gasteiger charge is -2.25. The van der Waals surface area contributed by atoms with Gasteiger partial charge in [-0.2, -0.15) is 22.0 Å². The van der Waals surface area contributed by atoms with Crippen molar-refractivity contribution in [2.75, 3.05) is 31.6 Å². The van der Waals surface area contributed by atoms with E-state index in [9.17, 15) is 36.6 Å². The molecule has 0 radical (unpaired) electrons. The molecule has 2 aromatic carbocycles. The Balaban J connectivity index is 2.03. The van der Waals surface area contributed by atoms with Gasteiger partial charge in [0.05, 0.1) is 6.54 Å². The van der Waals surface area contributed by atoms with E-state index in [1.165, 1.54) is 4.90 Å². The number of ether oxygens (including phenoxy) is 2. The number of benzene rings is 2. The average Bonchev–Trinajstić information content (AvgIpc) is 2.88. The Morgan fingerprint density at radius 2 is 1.59 bits per heavy atom. The number of carboxylic acid groups (broad SMARTS) is 1. The highest BCUT2D eigenvalue weighted by atomic mass is 19.4. The molecule has 0 aromatic heterocycles. The number of anilines is 1. The van der Waals surface area contributed by atoms with E-state index in [1.54, 1.807) is 31.2 Å². The van der Waals surface area contributed by atoms with Crippen LogP contribution in [0.1, 0.15) is 48.4 Å². The number of aryl methyl sites for hydroxylation is 3. The number of halogens is 5. The summed E-state index contributed by atoms with van der Waals surface area (Å²) in [6.07, 6.45) is -8.29. The molecule has 2 N–H and O–H groups in total. The highest BCUT2D eigenvalue weighted by Gasteiger charge is 2.56. The van der Waals surface area contributed by atoms with Gasteiger partial charge in [-0.3, -0.25) is 0 Å². The van der Waals surface area contributed by atoms with Gasteiger partial charge in [-0.1, -0.05) is 18.2 Å². The van der Waals surface area contributed by atoms with E-state index in [1.807, 2.05) is 32.9 Å². The van der Waals surface area contributed by atoms with Crippen LogP contribution in [0.5, 0.6) is 5.75 Å². The summed E-state index contributed by atoms with van der Waals surface area (Å²) in [6, 6.07) is 9.85. The van der Waals surface area contributed by atoms with Crippen molar-refractivity contribution in [1.29, 1.82) is 0 Å². The van der Waals surface area contributed by atoms with Crippen molar-refractivity contribution < 1.29 is 46.1 Å². The molecule has 0 saturated carbocycles. The van der Waals surface area contributed by atoms with Crippen molar-refractivity contribution in [3.05, 3.63) is 58.7 Å². The summed E-state index contributed by atoms with van der Waals surface area (Å²) in [5.74, 6) is -5.41. The van der Waals surface area contributed by atoms with Crippen LogP contribution in [-0.4, -0.2) is 66.5 Å². The monoisotopic (exact) mass is 588 g/mol. The topological polar surface area (TPSA) is 88.1 Å². The first-order valence-electron chi connectivity index (χ1n) is 13.3. The average molecular weight is 589 g/mol. The van der Waals surface area contributed by atoms with E-state index in [2.05, 4.69) is 5.32 Å². The number of alkyl halides is 5. The Morgan fingerprint density at radius 1 is 0.951 bits per heavy atom. The fraction of sp³-hybridized carbons (Fsp3) is 0.517. The van der Waals surface area contributed by atoms with Gasteiger partial charge in [0, 0.05) is 31.7 Å². The zero-order valence-corrected chi connectivity index (χ0v) is 23.6. The maximum atomic E-state index is 13.3. The Hall–Kier alpha value is -3.41. The van der Waals surface area contributed by atoms with Crippen LogP contribution in [-0.2, 0) is 16.0 Å². The Labute approximate surface area is 236 Å². The molecule has 12 heteroatoms. The maximum absolute atomic E-state index is 13.3. The van der Waals surface area contributed by atoms with E-state index in [-0.39, 0.29) is 39.1 Å². The zero-order chi connectivity index (χ0) is 30.8. The van der Waals surface area contributed by atoms with Gasteiger partial charge in [0.1, 0.15) is 12.4 Å². The quantitative estimate of drug-likeness (QED) is 0.174. The highest BCUT2D eigenvalue weighted by molar-refractivity contribution is 5.90. The summed E-state index contributed by atoms with van der Waals surface area (Å²) in [6.45, 7) is 7.62. The highest BCUT2D eigenvalue weighted by Crippen LogP contribution is 2.39. The number of hydrogen-bond donors (Lipinski definition) is 2. The first-order valence-corrected chi connectivity index (χ1v) is 13.3. The number of nitrogens with one attached hydrogen (secondary N) is 1. The van der Waals surface area contributed by atoms with E-state index >= 15 is 0 Å². The largest absolute Gasteiger partial charge is 0.492 e. The molecule has 0 aliphatic heterocycles. The summed E-state index contributed by atoms with van der Waals surface area (Å²) in [5.41, 5.74) is 4.10. The van der Waals surface area contributed by atoms with Gasteiger partial charge in [0.15, 0.2) is 6.10 Å². The maximum Gasteiger partial charge on any atom is 0.453 e. The van der Waals surface area contributed by atoms with Crippen LogP contribution in [0.15, 0.2) is 36.4 Å². The first kappa shape index (κ1) is 33.8. The van der Waals surface area contributed by atoms with E-state index in [0.717, 1.165) is 22.3 Å². The first-order chi connectivity index (χ1) is 19.1. The van der Waals surface area contributed by atoms with Crippen molar-refractivity contribution in [3.63, 3.8) is 0 Å². The smallest absolute Gasteiger partial charge is 0.453 e. The van der Waals surface area contributed by atoms with Gasteiger partial charge in [0.25, 0.3) is 0 Å². The second kappa shape index (κ2) is 15.0. The van der Waals surface area contributed by atoms with Gasteiger partial charge in [-0.05, 0) is 81.0 Å². The number of hydrogen-bond acceptors (Lipinski definition) is 4. The third-order valence-corrected chi connectivity index (χ3v) is 6.57. The molecule has 0 aliphatic carbocycles. The Bertz CT molecular complexity index is 1160. The number of unbranched alkanes of at least 4 members (excludes halogenated alkanes) is 1. The molecule has 7 nitrogen and oxygen atoms in total. The van der Waals surface area contributed by atoms with Gasteiger partial charge in [0.2, 0.25) is 0 Å². The lowest BCUT2D eigenvalue weighted by molar-refractivity contribution is -0.284. The molecule has 2 rings (SSSR count). The Kier molecular flexibility index (Phi) is 12.4. The number of aliphatic carboxylic acids is 1. The van der Waals surface area contributed by atoms with Crippen LogP contribution in [0.3, 0.4) is 0 Å². The number of carbonyl (C=O) groups excluding carboxylic acids is 1. The third kappa shape index (κ3) is 10.5. The van der Waals surface area contributed by atoms with Crippen LogP contribution >= 0.6 is 0 Å². The SMILES string of the molecule is CCOC(Cc1ccc(OCCN(CCCCC(F)(F)C(F)(F)F)C(=O)Nc2cc(C)c(C)cc2C)cc1)C(=O)O. The minimum atomic E-state index is -5.62. The normalized spacial score (nSPS) is 12.6. The molecule has 0 fully saturated rings. The van der Waals surface area contributed by atoms with Crippen LogP contribution < -0.4 is 10.1 Å². The molecule has 0 aliphatic rings. The molecule has 41 heavy (non-hydrogen) atoms. The predicted octanol–water partition coefficient (Wildman–Crippen LogP) is 6.92. The second-order valence-electron chi connectivity index (χ2n) is 9.81. The summed E-state index contributed by atoms with van der Waals surface area (Å²) >= 11 is 0. The van der Waals surface area contributed by atoms with E-state index in [4.69, 9.17) is 9.47 Å². The molecule has 0 bridgehead atoms. The predicted molar refractivity (Wildman–Crippen MR) is 145 cm³/mol. The van der Waals surface area contributed by atoms with Gasteiger partial charge < -0.3 is 24.8 Å². The second-order valence-corrected chi connectivity index (χ2v) is 9.81. The van der Waals surface area contributed by atoms with Crippen LogP contribution in [0.2, 0.25) is 0 Å². The number of nitrogens with zero attached hydrogens (tertiary/aromatic N) is 1. The van der Waals surface area contributed by atoms with Crippen molar-refractivity contribution in [2.24, 2.45) is 0 Å². The molecule has 228 valence electrons. The minimum absolute atomic E-state index is 0.0219. The fourth-order valence-corrected chi connectivity index (χ4v) is 4.02. The summed E-state index contributed by atoms with van der Waals surface area (Å²) in [5, 5.41) is 12.0. The third-order valence-electron chi connectivity index (χ3n) is 6.57. The summed E-state index contributed by atoms with van der Waals surface area (Å²) in [4.78, 5) is 25.7. The van der Waals surface area contributed by atoms with E-state index < -0.39 is 43.0 Å². The van der Waals surface area contributed by atoms with E-state index in [0.29, 0.717) is 11.4 Å². The molecule has 2 aromatic rings. The number of carboxylic acids is 1. The van der Waals surface area contributed by atoms with Crippen LogP contribution in [0, 0.1) is 20.8 Å². The van der Waals surface area contributed by atoms with Gasteiger partial charge >= 0.3 is 24.1 Å². The van der Waals surface area contributed by atoms with Crippen molar-refractivity contribution in [1.82, 2.24) is 4.90 Å². The fourth-order valence-electron chi connectivity index (χ4n) is 4.02. The number of urea groups is 1. The molecule has 1 atom stereocenters. The zero-order valence-electron chi connectivity index (χ0n) is 23.6. The van der Waals surface area contributed by atoms with Gasteiger partial charge in [-0.15, -0.1) is 0 Å². The number of amides is 2. The molecule has 2 amide bonds. The van der Waals surface area contributed by atoms with Crippen molar-refractivity contribution in [3.8, 4) is 5.75 Å². The van der Waals surface area contributed by atoms with Crippen molar-refractivity contribution in [2.45, 2.75) is 71.6 Å². The lowest BCUT2D eigenvalue weighted by atomic mass is 10.1. The lowest BCUT2D eigenvalue weighted by Crippen LogP contribution is -2.39. The summed E-state index contributed by atoms with van der Waals surface area (Å²) < 4.78 is 75.1. The molecule has 0 saturated heterocycles. The Morgan fingerprint density at radius 3 is 2.17 bits per heavy atom. The van der Waals surface area contributed by atoms with Crippen LogP contribution in [0.4, 0.5) is 32.4 Å². The van der Waals surface area contributed by atoms with Crippen LogP contribution in [0.25, 0.3) is 0 Å². The standard InChI is InChI=1S/C29H37F5N2O5/c1-5-40-25(26(37)38)18-22-8-10-23(11-9-22)41-15-14-36(13-7-6-12-28(30,31)29(32,33)34)27(39)35-24-17-20(3)19(2)16-21(24)4/h8-11,16-17,25H,5-7,12-15,18H2,1-4H3,(H,35,39)(H,37,38). The van der Waals surface area contributed by atoms with Crippen molar-refractivity contribution >= 4 is 17.7 Å². The number of rotatable bonds is 15. The molecule has 0 heterocycles. The minimum Gasteiger partial charge on any atom is -0.492 e. The molecular weight excluding hydrogens is 551 g/mol.